The average Bonchev–Trinajstić information content (AvgIpc) is 3.33. The number of carbonyl (C=O) groups is 1. The Balaban J connectivity index is 1.66. The quantitative estimate of drug-likeness (QED) is 0.341. The molecule has 0 bridgehead atoms. The standard InChI is InChI=1S/C26H24ClNO5/c1-4-16-7-5-8-18(15(2)3)23(16)28-22(29)14-32-26-24(30)19-13-17(27)10-11-20(19)33-25(26)21-9-6-12-31-21/h5-13,15H,4,14H2,1-3H3,(H,28,29). The maximum Gasteiger partial charge on any atom is 0.262 e. The number of fused-ring (bicyclic) bond motifs is 1. The lowest BCUT2D eigenvalue weighted by Crippen LogP contribution is -2.24. The Bertz CT molecular complexity index is 1360. The molecule has 33 heavy (non-hydrogen) atoms. The van der Waals surface area contributed by atoms with Crippen LogP contribution in [0.2, 0.25) is 5.02 Å². The van der Waals surface area contributed by atoms with E-state index >= 15 is 0 Å². The third-order valence-electron chi connectivity index (χ3n) is 5.35. The summed E-state index contributed by atoms with van der Waals surface area (Å²) in [6.45, 7) is 5.80. The van der Waals surface area contributed by atoms with Crippen molar-refractivity contribution >= 4 is 34.2 Å². The maximum absolute atomic E-state index is 13.2. The van der Waals surface area contributed by atoms with E-state index in [9.17, 15) is 9.59 Å². The van der Waals surface area contributed by atoms with E-state index in [4.69, 9.17) is 25.2 Å². The molecule has 2 aromatic heterocycles. The molecule has 2 aromatic carbocycles. The summed E-state index contributed by atoms with van der Waals surface area (Å²) in [6, 6.07) is 14.0. The van der Waals surface area contributed by atoms with Crippen molar-refractivity contribution in [2.24, 2.45) is 0 Å². The van der Waals surface area contributed by atoms with Crippen LogP contribution in [0.25, 0.3) is 22.5 Å². The molecule has 0 saturated carbocycles. The van der Waals surface area contributed by atoms with E-state index in [0.29, 0.717) is 16.4 Å². The number of ether oxygens (including phenoxy) is 1. The number of benzene rings is 2. The molecule has 0 aliphatic heterocycles. The monoisotopic (exact) mass is 465 g/mol. The molecule has 0 fully saturated rings. The molecule has 0 unspecified atom stereocenters. The van der Waals surface area contributed by atoms with Gasteiger partial charge in [-0.05, 0) is 53.8 Å². The van der Waals surface area contributed by atoms with Gasteiger partial charge in [0.1, 0.15) is 5.58 Å². The molecule has 6 nitrogen and oxygen atoms in total. The highest BCUT2D eigenvalue weighted by Crippen LogP contribution is 2.32. The predicted molar refractivity (Wildman–Crippen MR) is 129 cm³/mol. The molecule has 7 heteroatoms. The molecule has 0 aliphatic rings. The van der Waals surface area contributed by atoms with Crippen molar-refractivity contribution < 1.29 is 18.4 Å². The van der Waals surface area contributed by atoms with Crippen molar-refractivity contribution in [1.82, 2.24) is 0 Å². The highest BCUT2D eigenvalue weighted by Gasteiger charge is 2.21. The number of hydrogen-bond donors (Lipinski definition) is 1. The largest absolute Gasteiger partial charge is 0.476 e. The van der Waals surface area contributed by atoms with Gasteiger partial charge in [0.25, 0.3) is 5.91 Å². The Hall–Kier alpha value is -3.51. The molecule has 1 N–H and O–H groups in total. The maximum atomic E-state index is 13.2. The predicted octanol–water partition coefficient (Wildman–Crippen LogP) is 6.41. The minimum Gasteiger partial charge on any atom is -0.476 e. The van der Waals surface area contributed by atoms with Crippen LogP contribution in [-0.4, -0.2) is 12.5 Å². The Kier molecular flexibility index (Phi) is 6.56. The minimum absolute atomic E-state index is 0.109. The lowest BCUT2D eigenvalue weighted by Gasteiger charge is -2.18. The van der Waals surface area contributed by atoms with Gasteiger partial charge >= 0.3 is 0 Å². The first-order valence-electron chi connectivity index (χ1n) is 10.7. The highest BCUT2D eigenvalue weighted by atomic mass is 35.5. The highest BCUT2D eigenvalue weighted by molar-refractivity contribution is 6.31. The first-order valence-corrected chi connectivity index (χ1v) is 11.1. The number of aryl methyl sites for hydroxylation is 1. The first kappa shape index (κ1) is 22.7. The summed E-state index contributed by atoms with van der Waals surface area (Å²) in [5.74, 6) is 0.175. The van der Waals surface area contributed by atoms with Crippen molar-refractivity contribution in [2.75, 3.05) is 11.9 Å². The van der Waals surface area contributed by atoms with Crippen LogP contribution in [0, 0.1) is 0 Å². The van der Waals surface area contributed by atoms with Gasteiger partial charge in [0.2, 0.25) is 16.9 Å². The van der Waals surface area contributed by atoms with Crippen LogP contribution in [0.1, 0.15) is 37.8 Å². The van der Waals surface area contributed by atoms with Gasteiger partial charge in [-0.3, -0.25) is 9.59 Å². The van der Waals surface area contributed by atoms with Crippen molar-refractivity contribution in [3.63, 3.8) is 0 Å². The lowest BCUT2D eigenvalue weighted by molar-refractivity contribution is -0.118. The van der Waals surface area contributed by atoms with Gasteiger partial charge in [0.15, 0.2) is 12.4 Å². The molecule has 4 aromatic rings. The van der Waals surface area contributed by atoms with E-state index in [1.165, 1.54) is 12.3 Å². The average molecular weight is 466 g/mol. The van der Waals surface area contributed by atoms with Gasteiger partial charge < -0.3 is 18.9 Å². The zero-order valence-electron chi connectivity index (χ0n) is 18.6. The van der Waals surface area contributed by atoms with Crippen LogP contribution < -0.4 is 15.5 Å². The van der Waals surface area contributed by atoms with Gasteiger partial charge in [0.05, 0.1) is 11.6 Å². The van der Waals surface area contributed by atoms with Crippen molar-refractivity contribution in [3.8, 4) is 17.3 Å². The van der Waals surface area contributed by atoms with Gasteiger partial charge in [-0.2, -0.15) is 0 Å². The number of nitrogens with one attached hydrogen (secondary N) is 1. The number of furan rings is 1. The smallest absolute Gasteiger partial charge is 0.262 e. The third kappa shape index (κ3) is 4.66. The third-order valence-corrected chi connectivity index (χ3v) is 5.59. The summed E-state index contributed by atoms with van der Waals surface area (Å²) in [4.78, 5) is 26.0. The van der Waals surface area contributed by atoms with Crippen LogP contribution >= 0.6 is 11.6 Å². The number of rotatable bonds is 7. The molecule has 0 spiro atoms. The van der Waals surface area contributed by atoms with Crippen molar-refractivity contribution in [2.45, 2.75) is 33.1 Å². The van der Waals surface area contributed by atoms with Crippen molar-refractivity contribution in [1.29, 1.82) is 0 Å². The summed E-state index contributed by atoms with van der Waals surface area (Å²) in [5.41, 5.74) is 2.76. The second kappa shape index (κ2) is 9.55. The van der Waals surface area contributed by atoms with Gasteiger partial charge in [0, 0.05) is 10.7 Å². The summed E-state index contributed by atoms with van der Waals surface area (Å²) < 4.78 is 17.1. The van der Waals surface area contributed by atoms with Crippen LogP contribution in [0.5, 0.6) is 5.75 Å². The summed E-state index contributed by atoms with van der Waals surface area (Å²) >= 11 is 6.06. The molecule has 1 amide bonds. The molecule has 0 atom stereocenters. The van der Waals surface area contributed by atoms with Crippen LogP contribution in [0.15, 0.2) is 68.4 Å². The fourth-order valence-corrected chi connectivity index (χ4v) is 3.88. The normalized spacial score (nSPS) is 11.2. The Morgan fingerprint density at radius 1 is 1.15 bits per heavy atom. The fourth-order valence-electron chi connectivity index (χ4n) is 3.71. The first-order chi connectivity index (χ1) is 15.9. The molecule has 0 radical (unpaired) electrons. The van der Waals surface area contributed by atoms with Crippen LogP contribution in [-0.2, 0) is 11.2 Å². The van der Waals surface area contributed by atoms with E-state index in [0.717, 1.165) is 23.2 Å². The van der Waals surface area contributed by atoms with Gasteiger partial charge in [-0.1, -0.05) is 50.6 Å². The molecule has 0 saturated heterocycles. The molecule has 2 heterocycles. The van der Waals surface area contributed by atoms with Crippen LogP contribution in [0.4, 0.5) is 5.69 Å². The zero-order valence-corrected chi connectivity index (χ0v) is 19.4. The van der Waals surface area contributed by atoms with E-state index in [1.807, 2.05) is 25.1 Å². The zero-order chi connectivity index (χ0) is 23.5. The Morgan fingerprint density at radius 2 is 1.97 bits per heavy atom. The molecule has 4 rings (SSSR count). The lowest BCUT2D eigenvalue weighted by atomic mass is 9.96. The van der Waals surface area contributed by atoms with E-state index in [2.05, 4.69) is 19.2 Å². The summed E-state index contributed by atoms with van der Waals surface area (Å²) in [7, 11) is 0. The van der Waals surface area contributed by atoms with Crippen molar-refractivity contribution in [3.05, 3.63) is 81.2 Å². The van der Waals surface area contributed by atoms with E-state index in [1.54, 1.807) is 24.3 Å². The minimum atomic E-state index is -0.435. The number of para-hydroxylation sites is 1. The van der Waals surface area contributed by atoms with Gasteiger partial charge in [-0.15, -0.1) is 0 Å². The number of anilines is 1. The number of amides is 1. The summed E-state index contributed by atoms with van der Waals surface area (Å²) in [5, 5.41) is 3.61. The molecular weight excluding hydrogens is 442 g/mol. The molecule has 170 valence electrons. The van der Waals surface area contributed by atoms with E-state index < -0.39 is 5.43 Å². The second-order valence-corrected chi connectivity index (χ2v) is 8.37. The van der Waals surface area contributed by atoms with E-state index in [-0.39, 0.29) is 35.3 Å². The second-order valence-electron chi connectivity index (χ2n) is 7.93. The Morgan fingerprint density at radius 3 is 2.67 bits per heavy atom. The molecule has 0 aliphatic carbocycles. The number of carbonyl (C=O) groups excluding carboxylic acids is 1. The van der Waals surface area contributed by atoms with Crippen LogP contribution in [0.3, 0.4) is 0 Å². The topological polar surface area (TPSA) is 81.7 Å². The SMILES string of the molecule is CCc1cccc(C(C)C)c1NC(=O)COc1c(-c2ccco2)oc2ccc(Cl)cc2c1=O. The number of halogens is 1. The molecular formula is C26H24ClNO5. The van der Waals surface area contributed by atoms with Gasteiger partial charge in [-0.25, -0.2) is 0 Å². The Labute approximate surface area is 196 Å². The number of hydrogen-bond acceptors (Lipinski definition) is 5. The fraction of sp³-hybridized carbons (Fsp3) is 0.231. The summed E-state index contributed by atoms with van der Waals surface area (Å²) in [6.07, 6.45) is 2.24.